The summed E-state index contributed by atoms with van der Waals surface area (Å²) in [5, 5.41) is 4.15. The maximum Gasteiger partial charge on any atom is 0.324 e. The molecule has 2 heterocycles. The molecule has 150 valence electrons. The Kier molecular flexibility index (Phi) is 5.12. The lowest BCUT2D eigenvalue weighted by molar-refractivity contribution is -0.144. The lowest BCUT2D eigenvalue weighted by Crippen LogP contribution is -2.46. The highest BCUT2D eigenvalue weighted by Gasteiger charge is 2.44. The van der Waals surface area contributed by atoms with Crippen molar-refractivity contribution in [1.82, 2.24) is 16.2 Å². The lowest BCUT2D eigenvalue weighted by atomic mass is 9.79. The van der Waals surface area contributed by atoms with Gasteiger partial charge in [0.25, 0.3) is 0 Å². The van der Waals surface area contributed by atoms with Gasteiger partial charge in [0.15, 0.2) is 0 Å². The highest BCUT2D eigenvalue weighted by atomic mass is 16.5. The molecule has 1 amide bonds. The van der Waals surface area contributed by atoms with E-state index in [1.807, 2.05) is 13.0 Å². The van der Waals surface area contributed by atoms with Crippen molar-refractivity contribution in [3.8, 4) is 0 Å². The zero-order valence-corrected chi connectivity index (χ0v) is 16.5. The lowest BCUT2D eigenvalue weighted by Gasteiger charge is -2.32. The van der Waals surface area contributed by atoms with Crippen molar-refractivity contribution in [2.75, 3.05) is 7.11 Å². The van der Waals surface area contributed by atoms with Crippen molar-refractivity contribution < 1.29 is 18.7 Å². The maximum atomic E-state index is 12.7. The summed E-state index contributed by atoms with van der Waals surface area (Å²) in [5.74, 6) is -0.160. The first-order valence-electron chi connectivity index (χ1n) is 9.82. The van der Waals surface area contributed by atoms with Crippen molar-refractivity contribution in [3.05, 3.63) is 35.1 Å². The summed E-state index contributed by atoms with van der Waals surface area (Å²) >= 11 is 0. The van der Waals surface area contributed by atoms with Crippen molar-refractivity contribution in [2.45, 2.75) is 57.7 Å². The number of hydrogen-bond donors (Lipinski definition) is 3. The fourth-order valence-corrected chi connectivity index (χ4v) is 4.47. The van der Waals surface area contributed by atoms with Crippen molar-refractivity contribution in [2.24, 2.45) is 5.92 Å². The van der Waals surface area contributed by atoms with E-state index in [-0.39, 0.29) is 42.3 Å². The number of fused-ring (bicyclic) bond motifs is 2. The third-order valence-electron chi connectivity index (χ3n) is 6.19. The molecular formula is C21H27N3O4. The Bertz CT molecular complexity index is 906. The van der Waals surface area contributed by atoms with E-state index in [1.165, 1.54) is 18.2 Å². The Morgan fingerprint density at radius 3 is 2.79 bits per heavy atom. The van der Waals surface area contributed by atoms with Gasteiger partial charge in [0.2, 0.25) is 5.91 Å². The second-order valence-corrected chi connectivity index (χ2v) is 8.01. The number of hydrazine groups is 1. The quantitative estimate of drug-likeness (QED) is 0.696. The van der Waals surface area contributed by atoms with Crippen molar-refractivity contribution in [3.63, 3.8) is 0 Å². The predicted molar refractivity (Wildman–Crippen MR) is 105 cm³/mol. The first kappa shape index (κ1) is 19.0. The first-order chi connectivity index (χ1) is 13.5. The molecule has 0 radical (unpaired) electrons. The zero-order valence-electron chi connectivity index (χ0n) is 16.5. The van der Waals surface area contributed by atoms with Crippen LogP contribution in [0.1, 0.15) is 36.0 Å². The SMILES string of the molecule is COC(=O)C1NNC2CCC(NC(=O)Cc3coc4cc(C)c(C)cc34)CC21. The van der Waals surface area contributed by atoms with Gasteiger partial charge < -0.3 is 14.5 Å². The molecule has 1 saturated heterocycles. The molecule has 1 aromatic heterocycles. The Balaban J connectivity index is 1.40. The molecule has 4 atom stereocenters. The molecule has 4 rings (SSSR count). The van der Waals surface area contributed by atoms with E-state index in [2.05, 4.69) is 29.2 Å². The molecule has 7 heteroatoms. The van der Waals surface area contributed by atoms with E-state index in [9.17, 15) is 9.59 Å². The van der Waals surface area contributed by atoms with Gasteiger partial charge in [-0.25, -0.2) is 5.43 Å². The van der Waals surface area contributed by atoms with Gasteiger partial charge in [0.05, 0.1) is 19.8 Å². The summed E-state index contributed by atoms with van der Waals surface area (Å²) in [6, 6.07) is 4.03. The summed E-state index contributed by atoms with van der Waals surface area (Å²) in [6.07, 6.45) is 4.51. The molecule has 2 aliphatic rings. The Labute approximate surface area is 164 Å². The number of ether oxygens (including phenoxy) is 1. The predicted octanol–water partition coefficient (Wildman–Crippen LogP) is 1.90. The summed E-state index contributed by atoms with van der Waals surface area (Å²) in [7, 11) is 1.40. The Morgan fingerprint density at radius 1 is 1.21 bits per heavy atom. The topological polar surface area (TPSA) is 92.6 Å². The van der Waals surface area contributed by atoms with Crippen LogP contribution in [0.2, 0.25) is 0 Å². The smallest absolute Gasteiger partial charge is 0.324 e. The van der Waals surface area contributed by atoms with Crippen LogP contribution in [-0.2, 0) is 20.7 Å². The number of esters is 1. The molecule has 7 nitrogen and oxygen atoms in total. The Hall–Kier alpha value is -2.38. The molecular weight excluding hydrogens is 358 g/mol. The molecule has 1 aliphatic carbocycles. The van der Waals surface area contributed by atoms with E-state index < -0.39 is 0 Å². The van der Waals surface area contributed by atoms with Crippen LogP contribution in [0.25, 0.3) is 11.0 Å². The standard InChI is InChI=1S/C21H27N3O4/c1-11-6-15-13(10-28-18(15)7-12(11)2)8-19(25)22-14-4-5-17-16(9-14)20(24-23-17)21(26)27-3/h6-7,10,14,16-17,20,23-24H,4-5,8-9H2,1-3H3,(H,22,25). The average molecular weight is 385 g/mol. The fraction of sp³-hybridized carbons (Fsp3) is 0.524. The minimum absolute atomic E-state index is 0.0158. The fourth-order valence-electron chi connectivity index (χ4n) is 4.47. The molecule has 1 saturated carbocycles. The minimum Gasteiger partial charge on any atom is -0.468 e. The van der Waals surface area contributed by atoms with Crippen LogP contribution in [0.5, 0.6) is 0 Å². The van der Waals surface area contributed by atoms with Gasteiger partial charge in [-0.05, 0) is 56.4 Å². The molecule has 3 N–H and O–H groups in total. The summed E-state index contributed by atoms with van der Waals surface area (Å²) < 4.78 is 10.5. The molecule has 4 unspecified atom stereocenters. The second-order valence-electron chi connectivity index (χ2n) is 8.01. The van der Waals surface area contributed by atoms with Crippen molar-refractivity contribution in [1.29, 1.82) is 0 Å². The maximum absolute atomic E-state index is 12.7. The van der Waals surface area contributed by atoms with Crippen LogP contribution in [0, 0.1) is 19.8 Å². The number of carbonyl (C=O) groups is 2. The summed E-state index contributed by atoms with van der Waals surface area (Å²) in [4.78, 5) is 24.6. The monoisotopic (exact) mass is 385 g/mol. The normalized spacial score (nSPS) is 26.8. The van der Waals surface area contributed by atoms with Gasteiger partial charge in [-0.1, -0.05) is 0 Å². The van der Waals surface area contributed by atoms with Crippen LogP contribution in [0.4, 0.5) is 0 Å². The summed E-state index contributed by atoms with van der Waals surface area (Å²) in [6.45, 7) is 4.11. The zero-order chi connectivity index (χ0) is 19.8. The largest absolute Gasteiger partial charge is 0.468 e. The van der Waals surface area contributed by atoms with Crippen LogP contribution in [0.15, 0.2) is 22.8 Å². The molecule has 0 spiro atoms. The third kappa shape index (κ3) is 3.52. The number of carbonyl (C=O) groups excluding carboxylic acids is 2. The molecule has 2 fully saturated rings. The van der Waals surface area contributed by atoms with Crippen LogP contribution < -0.4 is 16.2 Å². The number of amides is 1. The van der Waals surface area contributed by atoms with Crippen molar-refractivity contribution >= 4 is 22.8 Å². The van der Waals surface area contributed by atoms with Gasteiger partial charge >= 0.3 is 5.97 Å². The Morgan fingerprint density at radius 2 is 2.00 bits per heavy atom. The molecule has 1 aliphatic heterocycles. The van der Waals surface area contributed by atoms with Crippen LogP contribution in [-0.4, -0.2) is 37.1 Å². The second kappa shape index (κ2) is 7.56. The van der Waals surface area contributed by atoms with Gasteiger partial charge in [-0.2, -0.15) is 0 Å². The number of methoxy groups -OCH3 is 1. The summed E-state index contributed by atoms with van der Waals surface area (Å²) in [5.41, 5.74) is 10.3. The van der Waals surface area contributed by atoms with Gasteiger partial charge in [0.1, 0.15) is 11.6 Å². The van der Waals surface area contributed by atoms with E-state index in [4.69, 9.17) is 9.15 Å². The average Bonchev–Trinajstić information content (AvgIpc) is 3.26. The number of benzene rings is 1. The van der Waals surface area contributed by atoms with Crippen LogP contribution in [0.3, 0.4) is 0 Å². The number of hydrogen-bond acceptors (Lipinski definition) is 6. The number of rotatable bonds is 4. The number of furan rings is 1. The highest BCUT2D eigenvalue weighted by molar-refractivity contribution is 5.88. The molecule has 28 heavy (non-hydrogen) atoms. The van der Waals surface area contributed by atoms with E-state index in [0.717, 1.165) is 35.8 Å². The van der Waals surface area contributed by atoms with Crippen LogP contribution >= 0.6 is 0 Å². The molecule has 2 aromatic rings. The van der Waals surface area contributed by atoms with Gasteiger partial charge in [-0.15, -0.1) is 0 Å². The van der Waals surface area contributed by atoms with Gasteiger partial charge in [-0.3, -0.25) is 15.0 Å². The number of nitrogens with one attached hydrogen (secondary N) is 3. The molecule has 1 aromatic carbocycles. The van der Waals surface area contributed by atoms with E-state index in [1.54, 1.807) is 6.26 Å². The first-order valence-corrected chi connectivity index (χ1v) is 9.82. The highest BCUT2D eigenvalue weighted by Crippen LogP contribution is 2.31. The third-order valence-corrected chi connectivity index (χ3v) is 6.19. The van der Waals surface area contributed by atoms with Gasteiger partial charge in [0, 0.05) is 29.0 Å². The van der Waals surface area contributed by atoms with E-state index >= 15 is 0 Å². The molecule has 0 bridgehead atoms. The van der Waals surface area contributed by atoms with E-state index in [0.29, 0.717) is 0 Å². The number of aryl methyl sites for hydroxylation is 2. The minimum atomic E-state index is -0.362.